The number of H-pyrrole nitrogens is 1. The third-order valence-electron chi connectivity index (χ3n) is 2.94. The fourth-order valence-corrected chi connectivity index (χ4v) is 1.65. The quantitative estimate of drug-likeness (QED) is 0.802. The molecule has 0 bridgehead atoms. The van der Waals surface area contributed by atoms with E-state index in [0.29, 0.717) is 5.92 Å². The number of aryl methyl sites for hydroxylation is 1. The second kappa shape index (κ2) is 2.92. The van der Waals surface area contributed by atoms with Crippen LogP contribution in [-0.2, 0) is 7.05 Å². The number of hydrogen-bond acceptors (Lipinski definition) is 3. The Balaban J connectivity index is 2.00. The van der Waals surface area contributed by atoms with Gasteiger partial charge in [0.05, 0.1) is 11.8 Å². The number of aromatic amines is 1. The molecule has 1 fully saturated rings. The van der Waals surface area contributed by atoms with Crippen molar-refractivity contribution in [2.45, 2.75) is 25.7 Å². The molecule has 0 aliphatic heterocycles. The van der Waals surface area contributed by atoms with Gasteiger partial charge in [-0.2, -0.15) is 10.2 Å². The molecule has 78 valence electrons. The molecule has 1 aliphatic carbocycles. The Morgan fingerprint density at radius 1 is 1.47 bits per heavy atom. The van der Waals surface area contributed by atoms with Crippen LogP contribution in [0.3, 0.4) is 0 Å². The van der Waals surface area contributed by atoms with E-state index < -0.39 is 0 Å². The van der Waals surface area contributed by atoms with E-state index in [1.165, 1.54) is 12.8 Å². The van der Waals surface area contributed by atoms with Crippen molar-refractivity contribution in [3.05, 3.63) is 17.7 Å². The molecule has 0 saturated heterocycles. The largest absolute Gasteiger partial charge is 0.272 e. The zero-order chi connectivity index (χ0) is 10.4. The van der Waals surface area contributed by atoms with Crippen molar-refractivity contribution in [3.63, 3.8) is 0 Å². The summed E-state index contributed by atoms with van der Waals surface area (Å²) in [5.41, 5.74) is 2.11. The Morgan fingerprint density at radius 2 is 2.27 bits per heavy atom. The number of nitrogens with one attached hydrogen (secondary N) is 1. The summed E-state index contributed by atoms with van der Waals surface area (Å²) in [7, 11) is 1.92. The Labute approximate surface area is 87.5 Å². The van der Waals surface area contributed by atoms with Gasteiger partial charge in [-0.1, -0.05) is 0 Å². The molecule has 15 heavy (non-hydrogen) atoms. The molecular formula is C10H13N5. The van der Waals surface area contributed by atoms with Crippen molar-refractivity contribution in [2.24, 2.45) is 7.05 Å². The van der Waals surface area contributed by atoms with Crippen LogP contribution in [0, 0.1) is 6.92 Å². The Bertz CT molecular complexity index is 492. The number of rotatable bonds is 2. The predicted octanol–water partition coefficient (Wildman–Crippen LogP) is 1.39. The summed E-state index contributed by atoms with van der Waals surface area (Å²) in [4.78, 5) is 4.50. The van der Waals surface area contributed by atoms with Crippen LogP contribution in [0.1, 0.15) is 30.3 Å². The maximum atomic E-state index is 4.50. The van der Waals surface area contributed by atoms with Crippen molar-refractivity contribution in [1.29, 1.82) is 0 Å². The fraction of sp³-hybridized carbons (Fsp3) is 0.500. The summed E-state index contributed by atoms with van der Waals surface area (Å²) in [6, 6.07) is 0. The summed E-state index contributed by atoms with van der Waals surface area (Å²) in [6.07, 6.45) is 4.29. The van der Waals surface area contributed by atoms with E-state index in [9.17, 15) is 0 Å². The molecule has 1 N–H and O–H groups in total. The lowest BCUT2D eigenvalue weighted by molar-refractivity contribution is 0.740. The summed E-state index contributed by atoms with van der Waals surface area (Å²) in [5.74, 6) is 2.40. The molecule has 1 saturated carbocycles. The van der Waals surface area contributed by atoms with E-state index in [2.05, 4.69) is 20.3 Å². The van der Waals surface area contributed by atoms with Gasteiger partial charge < -0.3 is 0 Å². The zero-order valence-corrected chi connectivity index (χ0v) is 8.86. The molecule has 5 heteroatoms. The molecule has 3 rings (SSSR count). The van der Waals surface area contributed by atoms with Crippen LogP contribution in [0.2, 0.25) is 0 Å². The third-order valence-corrected chi connectivity index (χ3v) is 2.94. The molecule has 0 aromatic carbocycles. The van der Waals surface area contributed by atoms with Gasteiger partial charge in [0.25, 0.3) is 0 Å². The van der Waals surface area contributed by atoms with E-state index in [-0.39, 0.29) is 0 Å². The summed E-state index contributed by atoms with van der Waals surface area (Å²) in [5, 5.41) is 11.4. The number of hydrogen-bond donors (Lipinski definition) is 1. The molecule has 2 aromatic heterocycles. The van der Waals surface area contributed by atoms with Crippen LogP contribution in [0.15, 0.2) is 6.20 Å². The van der Waals surface area contributed by atoms with Crippen molar-refractivity contribution in [3.8, 4) is 11.4 Å². The zero-order valence-electron chi connectivity index (χ0n) is 8.86. The lowest BCUT2D eigenvalue weighted by atomic mass is 10.2. The van der Waals surface area contributed by atoms with Gasteiger partial charge in [-0.15, -0.1) is 0 Å². The first-order chi connectivity index (χ1) is 7.25. The maximum absolute atomic E-state index is 4.50. The van der Waals surface area contributed by atoms with Crippen LogP contribution >= 0.6 is 0 Å². The Kier molecular flexibility index (Phi) is 1.68. The third kappa shape index (κ3) is 1.35. The second-order valence-corrected chi connectivity index (χ2v) is 4.09. The first-order valence-corrected chi connectivity index (χ1v) is 5.17. The summed E-state index contributed by atoms with van der Waals surface area (Å²) < 4.78 is 1.84. The monoisotopic (exact) mass is 203 g/mol. The van der Waals surface area contributed by atoms with Gasteiger partial charge in [0.1, 0.15) is 5.82 Å². The maximum Gasteiger partial charge on any atom is 0.184 e. The Hall–Kier alpha value is -1.65. The summed E-state index contributed by atoms with van der Waals surface area (Å²) >= 11 is 0. The standard InChI is InChI=1S/C10H13N5/c1-6-8(5-11-15(6)2)10-12-9(13-14-10)7-3-4-7/h5,7H,3-4H2,1-2H3,(H,12,13,14). The smallest absolute Gasteiger partial charge is 0.184 e. The number of aromatic nitrogens is 5. The van der Waals surface area contributed by atoms with Gasteiger partial charge in [0, 0.05) is 18.7 Å². The van der Waals surface area contributed by atoms with Gasteiger partial charge in [-0.3, -0.25) is 9.78 Å². The highest BCUT2D eigenvalue weighted by Gasteiger charge is 2.27. The van der Waals surface area contributed by atoms with Crippen LogP contribution in [0.4, 0.5) is 0 Å². The summed E-state index contributed by atoms with van der Waals surface area (Å²) in [6.45, 7) is 2.02. The van der Waals surface area contributed by atoms with Gasteiger partial charge in [-0.05, 0) is 19.8 Å². The van der Waals surface area contributed by atoms with Crippen molar-refractivity contribution < 1.29 is 0 Å². The van der Waals surface area contributed by atoms with Crippen LogP contribution in [-0.4, -0.2) is 25.0 Å². The predicted molar refractivity (Wildman–Crippen MR) is 55.3 cm³/mol. The van der Waals surface area contributed by atoms with E-state index in [4.69, 9.17) is 0 Å². The number of nitrogens with zero attached hydrogens (tertiary/aromatic N) is 4. The lowest BCUT2D eigenvalue weighted by Gasteiger charge is -1.94. The van der Waals surface area contributed by atoms with Crippen LogP contribution < -0.4 is 0 Å². The SMILES string of the molecule is Cc1c(-c2n[nH]c(C3CC3)n2)cnn1C. The highest BCUT2D eigenvalue weighted by atomic mass is 15.3. The highest BCUT2D eigenvalue weighted by molar-refractivity contribution is 5.56. The molecule has 0 spiro atoms. The topological polar surface area (TPSA) is 59.4 Å². The first-order valence-electron chi connectivity index (χ1n) is 5.17. The lowest BCUT2D eigenvalue weighted by Crippen LogP contribution is -1.93. The normalized spacial score (nSPS) is 15.9. The van der Waals surface area contributed by atoms with E-state index in [1.54, 1.807) is 0 Å². The van der Waals surface area contributed by atoms with Gasteiger partial charge in [0.15, 0.2) is 5.82 Å². The van der Waals surface area contributed by atoms with Crippen LogP contribution in [0.25, 0.3) is 11.4 Å². The minimum Gasteiger partial charge on any atom is -0.272 e. The van der Waals surface area contributed by atoms with E-state index in [0.717, 1.165) is 22.9 Å². The van der Waals surface area contributed by atoms with E-state index in [1.807, 2.05) is 24.9 Å². The minimum atomic E-state index is 0.614. The van der Waals surface area contributed by atoms with Crippen molar-refractivity contribution >= 4 is 0 Å². The fourth-order valence-electron chi connectivity index (χ4n) is 1.65. The molecule has 1 aliphatic rings. The van der Waals surface area contributed by atoms with Crippen LogP contribution in [0.5, 0.6) is 0 Å². The first kappa shape index (κ1) is 8.64. The highest BCUT2D eigenvalue weighted by Crippen LogP contribution is 2.38. The van der Waals surface area contributed by atoms with Gasteiger partial charge in [-0.25, -0.2) is 4.98 Å². The molecule has 0 unspecified atom stereocenters. The molecule has 0 amide bonds. The molecule has 5 nitrogen and oxygen atoms in total. The van der Waals surface area contributed by atoms with Gasteiger partial charge >= 0.3 is 0 Å². The second-order valence-electron chi connectivity index (χ2n) is 4.09. The van der Waals surface area contributed by atoms with Gasteiger partial charge in [0.2, 0.25) is 0 Å². The Morgan fingerprint density at radius 3 is 2.87 bits per heavy atom. The van der Waals surface area contributed by atoms with Crippen molar-refractivity contribution in [2.75, 3.05) is 0 Å². The molecule has 0 atom stereocenters. The average molecular weight is 203 g/mol. The molecule has 0 radical (unpaired) electrons. The average Bonchev–Trinajstić information content (AvgIpc) is 2.89. The van der Waals surface area contributed by atoms with E-state index >= 15 is 0 Å². The molecular weight excluding hydrogens is 190 g/mol. The van der Waals surface area contributed by atoms with Crippen molar-refractivity contribution in [1.82, 2.24) is 25.0 Å². The molecule has 2 heterocycles. The minimum absolute atomic E-state index is 0.614. The molecule has 2 aromatic rings.